The summed E-state index contributed by atoms with van der Waals surface area (Å²) in [5.41, 5.74) is 6.15. The van der Waals surface area contributed by atoms with Crippen LogP contribution in [0.1, 0.15) is 79.7 Å². The van der Waals surface area contributed by atoms with Crippen molar-refractivity contribution < 1.29 is 38.8 Å². The monoisotopic (exact) mass is 795 g/mol. The molecule has 0 aliphatic heterocycles. The first-order valence-corrected chi connectivity index (χ1v) is 16.2. The van der Waals surface area contributed by atoms with Crippen LogP contribution in [-0.4, -0.2) is 15.9 Å². The molecule has 3 aromatic heterocycles. The van der Waals surface area contributed by atoms with Crippen LogP contribution in [0, 0.1) is 17.9 Å². The van der Waals surface area contributed by atoms with Crippen LogP contribution in [0.15, 0.2) is 87.6 Å². The number of aromatic nitrogens is 1. The second-order valence-electron chi connectivity index (χ2n) is 12.8. The topological polar surface area (TPSA) is 76.5 Å². The molecule has 0 saturated carbocycles. The van der Waals surface area contributed by atoms with Gasteiger partial charge in [0.2, 0.25) is 0 Å². The Kier molecular flexibility index (Phi) is 11.3. The summed E-state index contributed by atoms with van der Waals surface area (Å²) >= 11 is 0. The van der Waals surface area contributed by atoms with Crippen molar-refractivity contribution in [1.82, 2.24) is 4.98 Å². The number of hydrogen-bond donors (Lipinski definition) is 1. The van der Waals surface area contributed by atoms with Crippen LogP contribution in [0.2, 0.25) is 0 Å². The number of allylic oxidation sites excluding steroid dienone is 2. The number of rotatable bonds is 8. The number of aliphatic hydroxyl groups excluding tert-OH is 1. The average Bonchev–Trinajstić information content (AvgIpc) is 3.66. The normalized spacial score (nSPS) is 12.2. The fourth-order valence-electron chi connectivity index (χ4n) is 6.13. The van der Waals surface area contributed by atoms with Gasteiger partial charge in [0.05, 0.1) is 12.0 Å². The van der Waals surface area contributed by atoms with E-state index in [1.807, 2.05) is 52.0 Å². The minimum atomic E-state index is -0.0131. The van der Waals surface area contributed by atoms with Crippen LogP contribution in [-0.2, 0) is 30.3 Å². The minimum Gasteiger partial charge on any atom is -0.512 e. The zero-order valence-corrected chi connectivity index (χ0v) is 30.3. The number of aliphatic hydroxyl groups is 1. The number of hydrogen-bond acceptors (Lipinski definition) is 5. The molecule has 0 amide bonds. The van der Waals surface area contributed by atoms with Crippen molar-refractivity contribution in [2.75, 3.05) is 0 Å². The molecule has 46 heavy (non-hydrogen) atoms. The molecule has 0 saturated heterocycles. The molecular formula is C40H44IrNO4-. The third-order valence-electron chi connectivity index (χ3n) is 8.84. The number of para-hydroxylation sites is 1. The molecule has 1 N–H and O–H groups in total. The van der Waals surface area contributed by atoms with Crippen molar-refractivity contribution >= 4 is 49.6 Å². The zero-order chi connectivity index (χ0) is 32.3. The zero-order valence-electron chi connectivity index (χ0n) is 27.9. The number of fused-ring (bicyclic) bond motifs is 6. The molecule has 3 heterocycles. The van der Waals surface area contributed by atoms with Crippen LogP contribution < -0.4 is 0 Å². The van der Waals surface area contributed by atoms with Gasteiger partial charge in [-0.05, 0) is 37.2 Å². The van der Waals surface area contributed by atoms with Crippen molar-refractivity contribution in [3.05, 3.63) is 90.4 Å². The first kappa shape index (κ1) is 35.1. The van der Waals surface area contributed by atoms with Gasteiger partial charge in [0.15, 0.2) is 16.9 Å². The van der Waals surface area contributed by atoms with Crippen LogP contribution in [0.4, 0.5) is 0 Å². The molecule has 0 unspecified atom stereocenters. The first-order valence-electron chi connectivity index (χ1n) is 16.2. The number of furan rings is 2. The number of benzene rings is 3. The van der Waals surface area contributed by atoms with Gasteiger partial charge in [-0.2, -0.15) is 0 Å². The molecule has 1 radical (unpaired) electrons. The van der Waals surface area contributed by atoms with E-state index in [1.54, 1.807) is 6.26 Å². The molecular weight excluding hydrogens is 751 g/mol. The molecule has 0 aliphatic rings. The number of ketones is 1. The summed E-state index contributed by atoms with van der Waals surface area (Å²) in [5.74, 6) is 0.547. The molecule has 6 heteroatoms. The SMILES string of the molecule is CC(C)(C)c1cc(-c2nc3ccoc3c3oc4ccccc4c23)[c-]c2ccccc12.CCC(CC)C(=O)/C=C(\O)C(CC)CC.[Ir]. The number of carbonyl (C=O) groups is 1. The van der Waals surface area contributed by atoms with Gasteiger partial charge in [0.1, 0.15) is 11.1 Å². The van der Waals surface area contributed by atoms with Crippen molar-refractivity contribution in [2.45, 2.75) is 79.6 Å². The Labute approximate surface area is 285 Å². The van der Waals surface area contributed by atoms with Crippen molar-refractivity contribution in [3.8, 4) is 11.3 Å². The molecule has 6 rings (SSSR count). The third-order valence-corrected chi connectivity index (χ3v) is 8.84. The third kappa shape index (κ3) is 6.99. The van der Waals surface area contributed by atoms with Crippen LogP contribution in [0.5, 0.6) is 0 Å². The molecule has 0 bridgehead atoms. The molecule has 0 fully saturated rings. The van der Waals surface area contributed by atoms with E-state index < -0.39 is 0 Å². The summed E-state index contributed by atoms with van der Waals surface area (Å²) in [7, 11) is 0. The van der Waals surface area contributed by atoms with Gasteiger partial charge in [-0.1, -0.05) is 95.8 Å². The Bertz CT molecular complexity index is 1980. The fraction of sp³-hybridized carbons (Fsp3) is 0.350. The van der Waals surface area contributed by atoms with E-state index in [0.29, 0.717) is 5.58 Å². The molecule has 0 atom stereocenters. The van der Waals surface area contributed by atoms with E-state index in [2.05, 4.69) is 63.2 Å². The van der Waals surface area contributed by atoms with E-state index in [0.717, 1.165) is 69.8 Å². The molecule has 3 aromatic carbocycles. The number of nitrogens with zero attached hydrogens (tertiary/aromatic N) is 1. The minimum absolute atomic E-state index is 0. The molecule has 0 spiro atoms. The molecule has 6 aromatic rings. The summed E-state index contributed by atoms with van der Waals surface area (Å²) in [6.45, 7) is 14.8. The smallest absolute Gasteiger partial charge is 0.193 e. The Hall–Kier alpha value is -3.73. The van der Waals surface area contributed by atoms with Gasteiger partial charge in [0.25, 0.3) is 0 Å². The van der Waals surface area contributed by atoms with Crippen molar-refractivity contribution in [3.63, 3.8) is 0 Å². The van der Waals surface area contributed by atoms with E-state index in [-0.39, 0.29) is 48.9 Å². The predicted octanol–water partition coefficient (Wildman–Crippen LogP) is 11.5. The van der Waals surface area contributed by atoms with Gasteiger partial charge in [-0.15, -0.1) is 29.1 Å². The predicted molar refractivity (Wildman–Crippen MR) is 186 cm³/mol. The summed E-state index contributed by atoms with van der Waals surface area (Å²) in [6, 6.07) is 24.3. The first-order chi connectivity index (χ1) is 21.6. The summed E-state index contributed by atoms with van der Waals surface area (Å²) in [5, 5.41) is 14.1. The second kappa shape index (κ2) is 14.8. The Morgan fingerprint density at radius 3 is 2.17 bits per heavy atom. The van der Waals surface area contributed by atoms with Crippen molar-refractivity contribution in [1.29, 1.82) is 0 Å². The Morgan fingerprint density at radius 1 is 0.891 bits per heavy atom. The van der Waals surface area contributed by atoms with Gasteiger partial charge in [0, 0.05) is 60.5 Å². The van der Waals surface area contributed by atoms with Crippen LogP contribution in [0.3, 0.4) is 0 Å². The maximum Gasteiger partial charge on any atom is 0.193 e. The average molecular weight is 795 g/mol. The summed E-state index contributed by atoms with van der Waals surface area (Å²) in [4.78, 5) is 16.7. The summed E-state index contributed by atoms with van der Waals surface area (Å²) < 4.78 is 12.0. The molecule has 0 aliphatic carbocycles. The maximum atomic E-state index is 11.7. The Balaban J connectivity index is 0.000000259. The largest absolute Gasteiger partial charge is 0.512 e. The maximum absolute atomic E-state index is 11.7. The number of carbonyl (C=O) groups excluding carboxylic acids is 1. The quantitative estimate of drug-likeness (QED) is 0.0943. The molecule has 5 nitrogen and oxygen atoms in total. The van der Waals surface area contributed by atoms with Gasteiger partial charge < -0.3 is 13.9 Å². The van der Waals surface area contributed by atoms with Gasteiger partial charge in [-0.3, -0.25) is 9.78 Å². The number of pyridine rings is 1. The van der Waals surface area contributed by atoms with Gasteiger partial charge >= 0.3 is 0 Å². The van der Waals surface area contributed by atoms with E-state index in [9.17, 15) is 9.90 Å². The fourth-order valence-corrected chi connectivity index (χ4v) is 6.13. The Morgan fingerprint density at radius 2 is 1.52 bits per heavy atom. The standard InChI is InChI=1S/C27H20NO2.C13H24O2.Ir/c1-27(2,3)20-15-17(14-16-8-4-5-9-18(16)20)24-23-19-10-6-7-11-22(19)30-26(23)25-21(28-24)12-13-29-25;1-5-10(6-2)12(14)9-13(15)11(7-3)8-4;/h4-13,15H,1-3H3;9-11,14H,5-8H2,1-4H3;/q-1;;/b;12-9-;. The van der Waals surface area contributed by atoms with Crippen LogP contribution >= 0.6 is 0 Å². The second-order valence-corrected chi connectivity index (χ2v) is 12.8. The molecule has 243 valence electrons. The van der Waals surface area contributed by atoms with Crippen molar-refractivity contribution in [2.24, 2.45) is 11.8 Å². The summed E-state index contributed by atoms with van der Waals surface area (Å²) in [6.07, 6.45) is 6.57. The van der Waals surface area contributed by atoms with E-state index >= 15 is 0 Å². The van der Waals surface area contributed by atoms with Gasteiger partial charge in [-0.25, -0.2) is 0 Å². The van der Waals surface area contributed by atoms with E-state index in [1.165, 1.54) is 17.0 Å². The van der Waals surface area contributed by atoms with E-state index in [4.69, 9.17) is 13.8 Å². The van der Waals surface area contributed by atoms with Crippen LogP contribution in [0.25, 0.3) is 55.1 Å².